The number of benzene rings is 2. The molecule has 0 saturated heterocycles. The molecule has 4 aromatic rings. The standard InChI is InChI=1S/C25H22Br2FN3S/c1-2-16-31-23(19-12-14-29-15-13-19)22(18-8-10-20(28)11-9-18)30-25(31)32-24(27)21(26)17-6-4-3-5-7-17/h3-15,21,24H,2,16H2,1H3. The number of halogens is 3. The molecule has 2 atom stereocenters. The highest BCUT2D eigenvalue weighted by Gasteiger charge is 2.25. The molecule has 0 radical (unpaired) electrons. The number of thioether (sulfide) groups is 1. The van der Waals surface area contributed by atoms with E-state index in [2.05, 4.69) is 60.5 Å². The molecule has 2 aromatic carbocycles. The predicted molar refractivity (Wildman–Crippen MR) is 138 cm³/mol. The summed E-state index contributed by atoms with van der Waals surface area (Å²) in [4.78, 5) is 9.34. The number of aromatic nitrogens is 3. The molecule has 2 heterocycles. The second-order valence-electron chi connectivity index (χ2n) is 7.27. The summed E-state index contributed by atoms with van der Waals surface area (Å²) in [6.07, 6.45) is 4.54. The SMILES string of the molecule is CCCn1c(SC(Br)C(Br)c2ccccc2)nc(-c2ccc(F)cc2)c1-c1ccncc1. The van der Waals surface area contributed by atoms with E-state index in [-0.39, 0.29) is 14.8 Å². The lowest BCUT2D eigenvalue weighted by molar-refractivity contribution is 0.626. The minimum absolute atomic E-state index is 0.0641. The molecule has 0 N–H and O–H groups in total. The first kappa shape index (κ1) is 23.2. The largest absolute Gasteiger partial charge is 0.318 e. The summed E-state index contributed by atoms with van der Waals surface area (Å²) in [5.41, 5.74) is 4.99. The summed E-state index contributed by atoms with van der Waals surface area (Å²) in [7, 11) is 0. The van der Waals surface area contributed by atoms with E-state index in [9.17, 15) is 4.39 Å². The normalized spacial score (nSPS) is 13.1. The Morgan fingerprint density at radius 3 is 2.28 bits per heavy atom. The highest BCUT2D eigenvalue weighted by atomic mass is 79.9. The van der Waals surface area contributed by atoms with Gasteiger partial charge in [0.05, 0.1) is 20.4 Å². The summed E-state index contributed by atoms with van der Waals surface area (Å²) in [6.45, 7) is 2.98. The highest BCUT2D eigenvalue weighted by Crippen LogP contribution is 2.43. The maximum absolute atomic E-state index is 13.6. The lowest BCUT2D eigenvalue weighted by Crippen LogP contribution is -2.06. The number of alkyl halides is 2. The van der Waals surface area contributed by atoms with E-state index in [1.807, 2.05) is 30.3 Å². The zero-order valence-corrected chi connectivity index (χ0v) is 21.4. The average Bonchev–Trinajstić information content (AvgIpc) is 3.18. The third-order valence-electron chi connectivity index (χ3n) is 5.02. The van der Waals surface area contributed by atoms with Crippen molar-refractivity contribution in [2.24, 2.45) is 0 Å². The lowest BCUT2D eigenvalue weighted by atomic mass is 10.1. The van der Waals surface area contributed by atoms with E-state index in [1.165, 1.54) is 17.7 Å². The van der Waals surface area contributed by atoms with Crippen LogP contribution in [0.4, 0.5) is 4.39 Å². The molecule has 0 amide bonds. The van der Waals surface area contributed by atoms with Crippen molar-refractivity contribution >= 4 is 43.6 Å². The minimum Gasteiger partial charge on any atom is -0.318 e. The molecule has 7 heteroatoms. The zero-order valence-electron chi connectivity index (χ0n) is 17.5. The molecular weight excluding hydrogens is 553 g/mol. The van der Waals surface area contributed by atoms with Crippen LogP contribution in [-0.2, 0) is 6.54 Å². The van der Waals surface area contributed by atoms with E-state index in [0.717, 1.165) is 40.6 Å². The molecule has 4 rings (SSSR count). The number of nitrogens with zero attached hydrogens (tertiary/aromatic N) is 3. The van der Waals surface area contributed by atoms with Crippen LogP contribution >= 0.6 is 43.6 Å². The number of hydrogen-bond donors (Lipinski definition) is 0. The van der Waals surface area contributed by atoms with Crippen molar-refractivity contribution in [2.45, 2.75) is 34.0 Å². The predicted octanol–water partition coefficient (Wildman–Crippen LogP) is 8.11. The van der Waals surface area contributed by atoms with Gasteiger partial charge in [0.25, 0.3) is 0 Å². The molecule has 3 nitrogen and oxygen atoms in total. The number of pyridine rings is 1. The number of hydrogen-bond acceptors (Lipinski definition) is 3. The van der Waals surface area contributed by atoms with Gasteiger partial charge in [-0.25, -0.2) is 9.37 Å². The van der Waals surface area contributed by atoms with Crippen LogP contribution in [0.5, 0.6) is 0 Å². The van der Waals surface area contributed by atoms with Gasteiger partial charge in [0, 0.05) is 30.1 Å². The van der Waals surface area contributed by atoms with Crippen LogP contribution in [-0.4, -0.2) is 18.7 Å². The molecule has 0 fully saturated rings. The maximum Gasteiger partial charge on any atom is 0.170 e. The Bertz CT molecular complexity index is 1150. The van der Waals surface area contributed by atoms with Gasteiger partial charge in [0.15, 0.2) is 5.16 Å². The van der Waals surface area contributed by atoms with E-state index in [1.54, 1.807) is 36.3 Å². The minimum atomic E-state index is -0.257. The monoisotopic (exact) mass is 573 g/mol. The van der Waals surface area contributed by atoms with Gasteiger partial charge in [-0.2, -0.15) is 0 Å². The van der Waals surface area contributed by atoms with E-state index < -0.39 is 0 Å². The topological polar surface area (TPSA) is 30.7 Å². The fourth-order valence-corrected chi connectivity index (χ4v) is 5.88. The summed E-state index contributed by atoms with van der Waals surface area (Å²) >= 11 is 9.37. The lowest BCUT2D eigenvalue weighted by Gasteiger charge is -2.18. The van der Waals surface area contributed by atoms with Gasteiger partial charge < -0.3 is 4.57 Å². The van der Waals surface area contributed by atoms with Gasteiger partial charge in [0.1, 0.15) is 5.82 Å². The summed E-state index contributed by atoms with van der Waals surface area (Å²) < 4.78 is 15.9. The summed E-state index contributed by atoms with van der Waals surface area (Å²) in [6, 6.07) is 20.8. The van der Waals surface area contributed by atoms with Crippen LogP contribution in [0.3, 0.4) is 0 Å². The Labute approximate surface area is 208 Å². The fourth-order valence-electron chi connectivity index (χ4n) is 3.51. The molecule has 0 aliphatic heterocycles. The summed E-state index contributed by atoms with van der Waals surface area (Å²) in [5, 5.41) is 0.917. The molecule has 0 saturated carbocycles. The Kier molecular flexibility index (Phi) is 7.81. The van der Waals surface area contributed by atoms with Crippen molar-refractivity contribution in [1.29, 1.82) is 0 Å². The van der Waals surface area contributed by atoms with Gasteiger partial charge in [-0.3, -0.25) is 4.98 Å². The molecule has 0 aliphatic rings. The van der Waals surface area contributed by atoms with E-state index >= 15 is 0 Å². The molecule has 2 unspecified atom stereocenters. The van der Waals surface area contributed by atoms with Gasteiger partial charge in [-0.15, -0.1) is 0 Å². The molecule has 0 spiro atoms. The van der Waals surface area contributed by atoms with E-state index in [0.29, 0.717) is 0 Å². The fraction of sp³-hybridized carbons (Fsp3) is 0.200. The van der Waals surface area contributed by atoms with Crippen molar-refractivity contribution in [3.63, 3.8) is 0 Å². The first-order valence-corrected chi connectivity index (χ1v) is 13.1. The molecular formula is C25H22Br2FN3S. The van der Waals surface area contributed by atoms with Crippen LogP contribution in [0.15, 0.2) is 84.3 Å². The zero-order chi connectivity index (χ0) is 22.5. The maximum atomic E-state index is 13.6. The second kappa shape index (κ2) is 10.8. The van der Waals surface area contributed by atoms with Crippen molar-refractivity contribution in [3.8, 4) is 22.5 Å². The van der Waals surface area contributed by atoms with Crippen LogP contribution in [0.1, 0.15) is 23.7 Å². The average molecular weight is 575 g/mol. The van der Waals surface area contributed by atoms with Gasteiger partial charge in [-0.05, 0) is 48.4 Å². The Morgan fingerprint density at radius 1 is 0.938 bits per heavy atom. The Morgan fingerprint density at radius 2 is 1.62 bits per heavy atom. The van der Waals surface area contributed by atoms with Crippen LogP contribution in [0.25, 0.3) is 22.5 Å². The number of rotatable bonds is 8. The Hall–Kier alpha value is -1.96. The van der Waals surface area contributed by atoms with E-state index in [4.69, 9.17) is 4.98 Å². The quantitative estimate of drug-likeness (QED) is 0.157. The van der Waals surface area contributed by atoms with Crippen LogP contribution in [0, 0.1) is 5.82 Å². The van der Waals surface area contributed by atoms with Crippen molar-refractivity contribution < 1.29 is 4.39 Å². The molecule has 0 aliphatic carbocycles. The molecule has 0 bridgehead atoms. The second-order valence-corrected chi connectivity index (χ2v) is 11.0. The van der Waals surface area contributed by atoms with Crippen molar-refractivity contribution in [2.75, 3.05) is 0 Å². The molecule has 164 valence electrons. The van der Waals surface area contributed by atoms with Crippen molar-refractivity contribution in [1.82, 2.24) is 14.5 Å². The number of imidazole rings is 1. The smallest absolute Gasteiger partial charge is 0.170 e. The first-order valence-electron chi connectivity index (χ1n) is 10.3. The third kappa shape index (κ3) is 5.16. The Balaban J connectivity index is 1.79. The molecule has 2 aromatic heterocycles. The van der Waals surface area contributed by atoms with Gasteiger partial charge >= 0.3 is 0 Å². The first-order chi connectivity index (χ1) is 15.6. The van der Waals surface area contributed by atoms with Gasteiger partial charge in [0.2, 0.25) is 0 Å². The van der Waals surface area contributed by atoms with Gasteiger partial charge in [-0.1, -0.05) is 80.9 Å². The third-order valence-corrected chi connectivity index (χ3v) is 9.24. The van der Waals surface area contributed by atoms with Crippen molar-refractivity contribution in [3.05, 3.63) is 90.5 Å². The molecule has 32 heavy (non-hydrogen) atoms. The summed E-state index contributed by atoms with van der Waals surface area (Å²) in [5.74, 6) is -0.257. The van der Waals surface area contributed by atoms with Crippen LogP contribution < -0.4 is 0 Å². The highest BCUT2D eigenvalue weighted by molar-refractivity contribution is 9.13. The van der Waals surface area contributed by atoms with Crippen LogP contribution in [0.2, 0.25) is 0 Å².